The minimum absolute atomic E-state index is 0.102. The van der Waals surface area contributed by atoms with E-state index in [9.17, 15) is 9.50 Å². The fraction of sp³-hybridized carbons (Fsp3) is 0.647. The third-order valence-corrected chi connectivity index (χ3v) is 3.82. The van der Waals surface area contributed by atoms with Crippen molar-refractivity contribution in [2.75, 3.05) is 6.54 Å². The quantitative estimate of drug-likeness (QED) is 0.877. The highest BCUT2D eigenvalue weighted by atomic mass is 19.1. The molecule has 1 unspecified atom stereocenters. The zero-order chi connectivity index (χ0) is 15.7. The number of aliphatic hydroxyl groups is 1. The molecule has 1 fully saturated rings. The Morgan fingerprint density at radius 3 is 2.29 bits per heavy atom. The van der Waals surface area contributed by atoms with Gasteiger partial charge in [-0.05, 0) is 58.2 Å². The molecule has 2 rings (SSSR count). The molecule has 1 aromatic rings. The van der Waals surface area contributed by atoms with Gasteiger partial charge in [-0.1, -0.05) is 12.1 Å². The van der Waals surface area contributed by atoms with E-state index in [-0.39, 0.29) is 11.4 Å². The minimum Gasteiger partial charge on any atom is -0.384 e. The summed E-state index contributed by atoms with van der Waals surface area (Å²) in [5, 5.41) is 13.8. The van der Waals surface area contributed by atoms with Crippen LogP contribution in [-0.4, -0.2) is 29.4 Å². The van der Waals surface area contributed by atoms with Crippen LogP contribution in [0.25, 0.3) is 0 Å². The lowest BCUT2D eigenvalue weighted by Gasteiger charge is -2.41. The van der Waals surface area contributed by atoms with Crippen LogP contribution in [0.2, 0.25) is 0 Å². The standard InChI is InChI=1S/C17H26FNO2/c1-16(2,3)21-15-9-14(10-15)19-11-17(4,20)12-5-7-13(18)8-6-12/h5-8,14-15,19-20H,9-11H2,1-4H3. The van der Waals surface area contributed by atoms with Gasteiger partial charge in [0.25, 0.3) is 0 Å². The predicted molar refractivity (Wildman–Crippen MR) is 81.6 cm³/mol. The van der Waals surface area contributed by atoms with E-state index in [0.29, 0.717) is 18.7 Å². The van der Waals surface area contributed by atoms with Gasteiger partial charge in [-0.3, -0.25) is 0 Å². The SMILES string of the molecule is CC(C)(C)OC1CC(NCC(C)(O)c2ccc(F)cc2)C1. The Labute approximate surface area is 126 Å². The van der Waals surface area contributed by atoms with Crippen LogP contribution in [0.3, 0.4) is 0 Å². The van der Waals surface area contributed by atoms with E-state index in [1.807, 2.05) is 0 Å². The highest BCUT2D eigenvalue weighted by Gasteiger charge is 2.34. The van der Waals surface area contributed by atoms with Crippen LogP contribution in [0.1, 0.15) is 46.1 Å². The number of hydrogen-bond donors (Lipinski definition) is 2. The molecule has 1 aromatic carbocycles. The molecule has 3 nitrogen and oxygen atoms in total. The van der Waals surface area contributed by atoms with Crippen molar-refractivity contribution in [3.63, 3.8) is 0 Å². The summed E-state index contributed by atoms with van der Waals surface area (Å²) in [6, 6.07) is 6.39. The molecule has 0 heterocycles. The molecule has 118 valence electrons. The van der Waals surface area contributed by atoms with Crippen molar-refractivity contribution in [3.8, 4) is 0 Å². The maximum Gasteiger partial charge on any atom is 0.123 e. The van der Waals surface area contributed by atoms with Gasteiger partial charge in [0.1, 0.15) is 5.82 Å². The first-order valence-electron chi connectivity index (χ1n) is 7.55. The fourth-order valence-corrected chi connectivity index (χ4v) is 2.58. The Morgan fingerprint density at radius 2 is 1.76 bits per heavy atom. The van der Waals surface area contributed by atoms with Crippen LogP contribution < -0.4 is 5.32 Å². The molecule has 21 heavy (non-hydrogen) atoms. The third-order valence-electron chi connectivity index (χ3n) is 3.82. The highest BCUT2D eigenvalue weighted by molar-refractivity contribution is 5.22. The molecule has 0 aromatic heterocycles. The molecule has 1 atom stereocenters. The zero-order valence-corrected chi connectivity index (χ0v) is 13.3. The lowest BCUT2D eigenvalue weighted by Crippen LogP contribution is -2.51. The van der Waals surface area contributed by atoms with Crippen molar-refractivity contribution >= 4 is 0 Å². The molecule has 1 aliphatic rings. The van der Waals surface area contributed by atoms with E-state index in [1.165, 1.54) is 12.1 Å². The summed E-state index contributed by atoms with van der Waals surface area (Å²) < 4.78 is 18.8. The van der Waals surface area contributed by atoms with Crippen LogP contribution in [0.5, 0.6) is 0 Å². The van der Waals surface area contributed by atoms with Gasteiger partial charge in [-0.15, -0.1) is 0 Å². The van der Waals surface area contributed by atoms with Gasteiger partial charge in [0, 0.05) is 12.6 Å². The maximum absolute atomic E-state index is 12.9. The first kappa shape index (κ1) is 16.4. The van der Waals surface area contributed by atoms with Gasteiger partial charge in [0.2, 0.25) is 0 Å². The Bertz CT molecular complexity index is 459. The molecule has 0 radical (unpaired) electrons. The van der Waals surface area contributed by atoms with Crippen molar-refractivity contribution in [1.29, 1.82) is 0 Å². The van der Waals surface area contributed by atoms with Gasteiger partial charge < -0.3 is 15.2 Å². The van der Waals surface area contributed by atoms with Crippen molar-refractivity contribution in [1.82, 2.24) is 5.32 Å². The van der Waals surface area contributed by atoms with Crippen LogP contribution >= 0.6 is 0 Å². The second kappa shape index (κ2) is 6.03. The van der Waals surface area contributed by atoms with Gasteiger partial charge in [-0.25, -0.2) is 4.39 Å². The van der Waals surface area contributed by atoms with E-state index in [4.69, 9.17) is 4.74 Å². The van der Waals surface area contributed by atoms with Crippen LogP contribution in [0, 0.1) is 5.82 Å². The van der Waals surface area contributed by atoms with Crippen molar-refractivity contribution < 1.29 is 14.2 Å². The number of benzene rings is 1. The number of nitrogens with one attached hydrogen (secondary N) is 1. The Kier molecular flexibility index (Phi) is 4.71. The number of hydrogen-bond acceptors (Lipinski definition) is 3. The van der Waals surface area contributed by atoms with E-state index in [1.54, 1.807) is 19.1 Å². The van der Waals surface area contributed by atoms with Crippen molar-refractivity contribution in [3.05, 3.63) is 35.6 Å². The smallest absolute Gasteiger partial charge is 0.123 e. The number of ether oxygens (including phenoxy) is 1. The Morgan fingerprint density at radius 1 is 1.19 bits per heavy atom. The van der Waals surface area contributed by atoms with E-state index in [0.717, 1.165) is 18.4 Å². The molecule has 0 amide bonds. The molecular weight excluding hydrogens is 269 g/mol. The van der Waals surface area contributed by atoms with Gasteiger partial charge >= 0.3 is 0 Å². The summed E-state index contributed by atoms with van der Waals surface area (Å²) >= 11 is 0. The van der Waals surface area contributed by atoms with E-state index < -0.39 is 5.60 Å². The van der Waals surface area contributed by atoms with Crippen LogP contribution in [0.15, 0.2) is 24.3 Å². The third kappa shape index (κ3) is 4.77. The average Bonchev–Trinajstić information content (AvgIpc) is 2.31. The average molecular weight is 295 g/mol. The fourth-order valence-electron chi connectivity index (χ4n) is 2.58. The van der Waals surface area contributed by atoms with Crippen molar-refractivity contribution in [2.45, 2.75) is 63.9 Å². The number of halogens is 1. The van der Waals surface area contributed by atoms with Gasteiger partial charge in [0.15, 0.2) is 0 Å². The lowest BCUT2D eigenvalue weighted by molar-refractivity contribution is -0.104. The molecule has 0 saturated heterocycles. The van der Waals surface area contributed by atoms with Crippen molar-refractivity contribution in [2.24, 2.45) is 0 Å². The van der Waals surface area contributed by atoms with Gasteiger partial charge in [0.05, 0.1) is 17.3 Å². The molecule has 0 aliphatic heterocycles. The summed E-state index contributed by atoms with van der Waals surface area (Å²) in [6.45, 7) is 8.38. The first-order chi connectivity index (χ1) is 9.66. The molecule has 4 heteroatoms. The molecule has 0 bridgehead atoms. The largest absolute Gasteiger partial charge is 0.384 e. The summed E-state index contributed by atoms with van der Waals surface area (Å²) in [5.41, 5.74) is -0.378. The molecule has 0 spiro atoms. The molecule has 1 aliphatic carbocycles. The Hall–Kier alpha value is -0.970. The Balaban J connectivity index is 1.77. The normalized spacial score (nSPS) is 25.2. The van der Waals surface area contributed by atoms with Crippen LogP contribution in [0.4, 0.5) is 4.39 Å². The predicted octanol–water partition coefficient (Wildman–Crippen LogP) is 2.97. The maximum atomic E-state index is 12.9. The van der Waals surface area contributed by atoms with E-state index in [2.05, 4.69) is 26.1 Å². The van der Waals surface area contributed by atoms with E-state index >= 15 is 0 Å². The minimum atomic E-state index is -0.996. The topological polar surface area (TPSA) is 41.5 Å². The second-order valence-corrected chi connectivity index (χ2v) is 7.18. The van der Waals surface area contributed by atoms with Crippen LogP contribution in [-0.2, 0) is 10.3 Å². The monoisotopic (exact) mass is 295 g/mol. The summed E-state index contributed by atoms with van der Waals surface area (Å²) in [4.78, 5) is 0. The zero-order valence-electron chi connectivity index (χ0n) is 13.3. The first-order valence-corrected chi connectivity index (χ1v) is 7.55. The molecule has 1 saturated carbocycles. The second-order valence-electron chi connectivity index (χ2n) is 7.18. The van der Waals surface area contributed by atoms with Gasteiger partial charge in [-0.2, -0.15) is 0 Å². The summed E-state index contributed by atoms with van der Waals surface area (Å²) in [5.74, 6) is -0.288. The molecule has 2 N–H and O–H groups in total. The summed E-state index contributed by atoms with van der Waals surface area (Å²) in [7, 11) is 0. The highest BCUT2D eigenvalue weighted by Crippen LogP contribution is 2.28. The lowest BCUT2D eigenvalue weighted by atomic mass is 9.87. The molecular formula is C17H26FNO2. The summed E-state index contributed by atoms with van der Waals surface area (Å²) in [6.07, 6.45) is 2.24. The number of rotatable bonds is 5.